The smallest absolute Gasteiger partial charge is 0.337 e. The summed E-state index contributed by atoms with van der Waals surface area (Å²) in [6.45, 7) is 3.94. The van der Waals surface area contributed by atoms with Gasteiger partial charge in [0, 0.05) is 18.3 Å². The minimum atomic E-state index is -0.997. The number of rotatable bonds is 5. The number of hydrogen-bond acceptors (Lipinski definition) is 5. The van der Waals surface area contributed by atoms with Crippen molar-refractivity contribution in [3.05, 3.63) is 60.6 Å². The van der Waals surface area contributed by atoms with Gasteiger partial charge in [-0.3, -0.25) is 4.98 Å². The molecule has 3 N–H and O–H groups in total. The molecule has 2 atom stereocenters. The van der Waals surface area contributed by atoms with Gasteiger partial charge in [0.25, 0.3) is 0 Å². The molecule has 0 unspecified atom stereocenters. The Morgan fingerprint density at radius 2 is 2.04 bits per heavy atom. The summed E-state index contributed by atoms with van der Waals surface area (Å²) in [5.41, 5.74) is 2.57. The monoisotopic (exact) mass is 363 g/mol. The van der Waals surface area contributed by atoms with Gasteiger partial charge < -0.3 is 15.7 Å². The average Bonchev–Trinajstić information content (AvgIpc) is 3.28. The molecule has 3 heterocycles. The standard InChI is InChI=1S/C20H21N5O2/c1-13-9-22-12-18(13)25-19(16(10-23-25)14-5-3-2-4-6-14)24-17-11-21-8-7-15(17)20(26)27/h2-8,10-11,13,18,22,24H,9,12H2,1H3,(H,26,27)/t13-,18-/m1/s1. The Morgan fingerprint density at radius 3 is 2.74 bits per heavy atom. The number of aromatic carboxylic acids is 1. The molecule has 1 aliphatic heterocycles. The molecular weight excluding hydrogens is 342 g/mol. The SMILES string of the molecule is C[C@@H]1CNC[C@H]1n1ncc(-c2ccccc2)c1Nc1cnccc1C(=O)O. The zero-order chi connectivity index (χ0) is 18.8. The fraction of sp³-hybridized carbons (Fsp3) is 0.250. The molecule has 27 heavy (non-hydrogen) atoms. The molecule has 3 aromatic rings. The van der Waals surface area contributed by atoms with E-state index in [1.54, 1.807) is 0 Å². The van der Waals surface area contributed by atoms with Crippen molar-refractivity contribution >= 4 is 17.5 Å². The minimum absolute atomic E-state index is 0.175. The van der Waals surface area contributed by atoms with Crippen LogP contribution in [0.4, 0.5) is 11.5 Å². The lowest BCUT2D eigenvalue weighted by atomic mass is 10.1. The number of anilines is 2. The van der Waals surface area contributed by atoms with Gasteiger partial charge in [-0.15, -0.1) is 0 Å². The maximum absolute atomic E-state index is 11.6. The number of nitrogens with zero attached hydrogens (tertiary/aromatic N) is 3. The number of aromatic nitrogens is 3. The van der Waals surface area contributed by atoms with Crippen molar-refractivity contribution < 1.29 is 9.90 Å². The lowest BCUT2D eigenvalue weighted by Gasteiger charge is -2.20. The first-order chi connectivity index (χ1) is 13.1. The van der Waals surface area contributed by atoms with Gasteiger partial charge in [0.15, 0.2) is 0 Å². The van der Waals surface area contributed by atoms with Gasteiger partial charge in [-0.25, -0.2) is 9.48 Å². The topological polar surface area (TPSA) is 92.1 Å². The van der Waals surface area contributed by atoms with E-state index in [9.17, 15) is 9.90 Å². The molecule has 138 valence electrons. The van der Waals surface area contributed by atoms with Crippen LogP contribution in [0.25, 0.3) is 11.1 Å². The van der Waals surface area contributed by atoms with Gasteiger partial charge >= 0.3 is 5.97 Å². The number of carbonyl (C=O) groups is 1. The Kier molecular flexibility index (Phi) is 4.60. The fourth-order valence-electron chi connectivity index (χ4n) is 3.50. The van der Waals surface area contributed by atoms with Gasteiger partial charge in [-0.2, -0.15) is 5.10 Å². The summed E-state index contributed by atoms with van der Waals surface area (Å²) >= 11 is 0. The Bertz CT molecular complexity index is 954. The zero-order valence-corrected chi connectivity index (χ0v) is 15.0. The molecule has 1 aromatic carbocycles. The van der Waals surface area contributed by atoms with Crippen LogP contribution < -0.4 is 10.6 Å². The van der Waals surface area contributed by atoms with E-state index < -0.39 is 5.97 Å². The first kappa shape index (κ1) is 17.2. The highest BCUT2D eigenvalue weighted by molar-refractivity contribution is 5.95. The summed E-state index contributed by atoms with van der Waals surface area (Å²) in [6, 6.07) is 11.6. The van der Waals surface area contributed by atoms with Crippen LogP contribution in [-0.2, 0) is 0 Å². The second kappa shape index (κ2) is 7.20. The molecule has 4 rings (SSSR count). The number of pyridine rings is 1. The van der Waals surface area contributed by atoms with Crippen LogP contribution >= 0.6 is 0 Å². The van der Waals surface area contributed by atoms with E-state index in [0.717, 1.165) is 30.0 Å². The molecule has 2 aromatic heterocycles. The average molecular weight is 363 g/mol. The van der Waals surface area contributed by atoms with Crippen molar-refractivity contribution in [2.24, 2.45) is 5.92 Å². The number of carboxylic acids is 1. The molecule has 1 fully saturated rings. The van der Waals surface area contributed by atoms with E-state index in [2.05, 4.69) is 27.6 Å². The number of benzene rings is 1. The molecule has 7 heteroatoms. The van der Waals surface area contributed by atoms with E-state index in [-0.39, 0.29) is 11.6 Å². The largest absolute Gasteiger partial charge is 0.478 e. The van der Waals surface area contributed by atoms with Gasteiger partial charge in [0.05, 0.1) is 29.7 Å². The predicted octanol–water partition coefficient (Wildman–Crippen LogP) is 3.17. The van der Waals surface area contributed by atoms with Crippen molar-refractivity contribution in [3.63, 3.8) is 0 Å². The summed E-state index contributed by atoms with van der Waals surface area (Å²) in [6.07, 6.45) is 4.85. The van der Waals surface area contributed by atoms with Crippen LogP contribution in [-0.4, -0.2) is 38.9 Å². The summed E-state index contributed by atoms with van der Waals surface area (Å²) in [7, 11) is 0. The molecule has 0 amide bonds. The summed E-state index contributed by atoms with van der Waals surface area (Å²) in [5, 5.41) is 20.8. The van der Waals surface area contributed by atoms with Gasteiger partial charge in [0.1, 0.15) is 5.82 Å². The minimum Gasteiger partial charge on any atom is -0.478 e. The molecule has 0 saturated carbocycles. The summed E-state index contributed by atoms with van der Waals surface area (Å²) < 4.78 is 1.96. The third-order valence-electron chi connectivity index (χ3n) is 4.98. The maximum Gasteiger partial charge on any atom is 0.337 e. The Hall–Kier alpha value is -3.19. The van der Waals surface area contributed by atoms with Gasteiger partial charge in [0.2, 0.25) is 0 Å². The van der Waals surface area contributed by atoms with Crippen molar-refractivity contribution in [1.29, 1.82) is 0 Å². The molecule has 1 aliphatic rings. The molecule has 1 saturated heterocycles. The molecule has 7 nitrogen and oxygen atoms in total. The van der Waals surface area contributed by atoms with Crippen LogP contribution in [0, 0.1) is 5.92 Å². The van der Waals surface area contributed by atoms with Crippen LogP contribution in [0.2, 0.25) is 0 Å². The quantitative estimate of drug-likeness (QED) is 0.645. The first-order valence-corrected chi connectivity index (χ1v) is 8.93. The van der Waals surface area contributed by atoms with E-state index >= 15 is 0 Å². The van der Waals surface area contributed by atoms with Crippen LogP contribution in [0.15, 0.2) is 55.0 Å². The second-order valence-electron chi connectivity index (χ2n) is 6.77. The summed E-state index contributed by atoms with van der Waals surface area (Å²) in [5.74, 6) is 0.197. The summed E-state index contributed by atoms with van der Waals surface area (Å²) in [4.78, 5) is 15.7. The highest BCUT2D eigenvalue weighted by atomic mass is 16.4. The van der Waals surface area contributed by atoms with Crippen molar-refractivity contribution in [2.75, 3.05) is 18.4 Å². The van der Waals surface area contributed by atoms with Crippen LogP contribution in [0.3, 0.4) is 0 Å². The van der Waals surface area contributed by atoms with Crippen LogP contribution in [0.1, 0.15) is 23.3 Å². The molecule has 0 spiro atoms. The molecule has 0 radical (unpaired) electrons. The van der Waals surface area contributed by atoms with Crippen molar-refractivity contribution in [2.45, 2.75) is 13.0 Å². The number of carboxylic acid groups (broad SMARTS) is 1. The Labute approximate surface area is 157 Å². The number of hydrogen-bond donors (Lipinski definition) is 3. The van der Waals surface area contributed by atoms with Gasteiger partial charge in [-0.05, 0) is 24.1 Å². The number of nitrogens with one attached hydrogen (secondary N) is 2. The van der Waals surface area contributed by atoms with E-state index in [1.807, 2.05) is 41.2 Å². The lowest BCUT2D eigenvalue weighted by Crippen LogP contribution is -2.19. The Balaban J connectivity index is 1.82. The third-order valence-corrected chi connectivity index (χ3v) is 4.98. The van der Waals surface area contributed by atoms with E-state index in [1.165, 1.54) is 18.5 Å². The first-order valence-electron chi connectivity index (χ1n) is 8.93. The van der Waals surface area contributed by atoms with E-state index in [0.29, 0.717) is 11.6 Å². The highest BCUT2D eigenvalue weighted by Crippen LogP contribution is 2.35. The maximum atomic E-state index is 11.6. The molecular formula is C20H21N5O2. The molecule has 0 aliphatic carbocycles. The van der Waals surface area contributed by atoms with Gasteiger partial charge in [-0.1, -0.05) is 37.3 Å². The highest BCUT2D eigenvalue weighted by Gasteiger charge is 2.29. The Morgan fingerprint density at radius 1 is 1.22 bits per heavy atom. The van der Waals surface area contributed by atoms with Crippen molar-refractivity contribution in [3.8, 4) is 11.1 Å². The van der Waals surface area contributed by atoms with E-state index in [4.69, 9.17) is 0 Å². The third kappa shape index (κ3) is 3.29. The fourth-order valence-corrected chi connectivity index (χ4v) is 3.50. The molecule has 0 bridgehead atoms. The normalized spacial score (nSPS) is 19.1. The lowest BCUT2D eigenvalue weighted by molar-refractivity contribution is 0.0698. The zero-order valence-electron chi connectivity index (χ0n) is 15.0. The van der Waals surface area contributed by atoms with Crippen molar-refractivity contribution in [1.82, 2.24) is 20.1 Å². The second-order valence-corrected chi connectivity index (χ2v) is 6.77. The van der Waals surface area contributed by atoms with Crippen LogP contribution in [0.5, 0.6) is 0 Å². The predicted molar refractivity (Wildman–Crippen MR) is 103 cm³/mol.